The van der Waals surface area contributed by atoms with Crippen molar-refractivity contribution < 1.29 is 9.90 Å². The first kappa shape index (κ1) is 16.8. The van der Waals surface area contributed by atoms with Gasteiger partial charge in [-0.2, -0.15) is 0 Å². The van der Waals surface area contributed by atoms with E-state index in [1.54, 1.807) is 0 Å². The van der Waals surface area contributed by atoms with Gasteiger partial charge in [-0.1, -0.05) is 44.9 Å². The molecular formula is C18H28N2O2. The number of aryl methyl sites for hydroxylation is 2. The fourth-order valence-corrected chi connectivity index (χ4v) is 3.34. The summed E-state index contributed by atoms with van der Waals surface area (Å²) in [7, 11) is 0. The molecule has 0 radical (unpaired) electrons. The van der Waals surface area contributed by atoms with Gasteiger partial charge in [0.05, 0.1) is 0 Å². The van der Waals surface area contributed by atoms with Gasteiger partial charge in [-0.25, -0.2) is 4.79 Å². The van der Waals surface area contributed by atoms with Gasteiger partial charge in [0.1, 0.15) is 0 Å². The van der Waals surface area contributed by atoms with Crippen molar-refractivity contribution in [3.63, 3.8) is 0 Å². The van der Waals surface area contributed by atoms with Crippen LogP contribution in [0.15, 0.2) is 18.2 Å². The van der Waals surface area contributed by atoms with Crippen LogP contribution < -0.4 is 10.6 Å². The Morgan fingerprint density at radius 1 is 1.18 bits per heavy atom. The second-order valence-electron chi connectivity index (χ2n) is 6.09. The molecule has 1 aromatic carbocycles. The van der Waals surface area contributed by atoms with Crippen LogP contribution in [0.25, 0.3) is 0 Å². The van der Waals surface area contributed by atoms with E-state index in [1.165, 1.54) is 0 Å². The summed E-state index contributed by atoms with van der Waals surface area (Å²) in [6.07, 6.45) is 6.00. The highest BCUT2D eigenvalue weighted by atomic mass is 16.3. The summed E-state index contributed by atoms with van der Waals surface area (Å²) in [5.74, 6) is 0.187. The lowest BCUT2D eigenvalue weighted by molar-refractivity contribution is 0.156. The number of benzene rings is 1. The standard InChI is InChI=1S/C18H28N2O2/c1-3-13-9-7-10-14(4-2)17(13)20-18(22)19-16-11-6-5-8-15(16)12-21/h7,9-10,15-16,21H,3-6,8,11-12H2,1-2H3,(H2,19,20,22). The van der Waals surface area contributed by atoms with Crippen LogP contribution in [0.3, 0.4) is 0 Å². The molecule has 2 rings (SSSR count). The van der Waals surface area contributed by atoms with Crippen LogP contribution in [-0.4, -0.2) is 23.8 Å². The van der Waals surface area contributed by atoms with Gasteiger partial charge in [0, 0.05) is 24.3 Å². The van der Waals surface area contributed by atoms with Crippen molar-refractivity contribution in [3.05, 3.63) is 29.3 Å². The average molecular weight is 304 g/mol. The molecule has 0 heterocycles. The number of aliphatic hydroxyl groups is 1. The minimum Gasteiger partial charge on any atom is -0.396 e. The summed E-state index contributed by atoms with van der Waals surface area (Å²) in [6, 6.07) is 6.10. The van der Waals surface area contributed by atoms with Crippen molar-refractivity contribution in [2.24, 2.45) is 5.92 Å². The predicted molar refractivity (Wildman–Crippen MR) is 90.2 cm³/mol. The van der Waals surface area contributed by atoms with Crippen LogP contribution in [0.1, 0.15) is 50.7 Å². The number of para-hydroxylation sites is 1. The van der Waals surface area contributed by atoms with E-state index in [-0.39, 0.29) is 24.6 Å². The summed E-state index contributed by atoms with van der Waals surface area (Å²) in [5, 5.41) is 15.6. The number of anilines is 1. The number of amides is 2. The highest BCUT2D eigenvalue weighted by Crippen LogP contribution is 2.25. The minimum absolute atomic E-state index is 0.0811. The van der Waals surface area contributed by atoms with E-state index in [0.29, 0.717) is 0 Å². The third kappa shape index (κ3) is 4.01. The van der Waals surface area contributed by atoms with E-state index in [2.05, 4.69) is 36.6 Å². The van der Waals surface area contributed by atoms with Crippen molar-refractivity contribution in [2.45, 2.75) is 58.4 Å². The molecule has 1 aliphatic carbocycles. The van der Waals surface area contributed by atoms with Crippen LogP contribution in [0.5, 0.6) is 0 Å². The Hall–Kier alpha value is -1.55. The van der Waals surface area contributed by atoms with Crippen LogP contribution in [-0.2, 0) is 12.8 Å². The lowest BCUT2D eigenvalue weighted by atomic mass is 9.85. The summed E-state index contributed by atoms with van der Waals surface area (Å²) < 4.78 is 0. The molecule has 1 fully saturated rings. The first-order chi connectivity index (χ1) is 10.7. The van der Waals surface area contributed by atoms with E-state index < -0.39 is 0 Å². The number of urea groups is 1. The molecule has 3 N–H and O–H groups in total. The molecule has 0 spiro atoms. The molecule has 1 aromatic rings. The quantitative estimate of drug-likeness (QED) is 0.780. The molecule has 22 heavy (non-hydrogen) atoms. The number of nitrogens with one attached hydrogen (secondary N) is 2. The molecule has 1 saturated carbocycles. The Kier molecular flexibility index (Phi) is 6.25. The smallest absolute Gasteiger partial charge is 0.319 e. The van der Waals surface area contributed by atoms with Gasteiger partial charge in [0.2, 0.25) is 0 Å². The van der Waals surface area contributed by atoms with E-state index in [4.69, 9.17) is 0 Å². The molecule has 1 aliphatic rings. The molecule has 2 unspecified atom stereocenters. The van der Waals surface area contributed by atoms with Gasteiger partial charge in [-0.05, 0) is 36.8 Å². The molecule has 0 bridgehead atoms. The zero-order valence-corrected chi connectivity index (χ0v) is 13.7. The Morgan fingerprint density at radius 3 is 2.41 bits per heavy atom. The number of hydrogen-bond acceptors (Lipinski definition) is 2. The largest absolute Gasteiger partial charge is 0.396 e. The molecule has 4 nitrogen and oxygen atoms in total. The maximum Gasteiger partial charge on any atom is 0.319 e. The van der Waals surface area contributed by atoms with Gasteiger partial charge in [0.25, 0.3) is 0 Å². The van der Waals surface area contributed by atoms with E-state index in [1.807, 2.05) is 6.07 Å². The third-order valence-corrected chi connectivity index (χ3v) is 4.70. The first-order valence-electron chi connectivity index (χ1n) is 8.48. The topological polar surface area (TPSA) is 61.4 Å². The summed E-state index contributed by atoms with van der Waals surface area (Å²) >= 11 is 0. The van der Waals surface area contributed by atoms with Crippen molar-refractivity contribution >= 4 is 11.7 Å². The molecule has 2 amide bonds. The first-order valence-corrected chi connectivity index (χ1v) is 8.48. The average Bonchev–Trinajstić information content (AvgIpc) is 2.55. The van der Waals surface area contributed by atoms with Crippen LogP contribution in [0.4, 0.5) is 10.5 Å². The Labute approximate surface area is 133 Å². The molecular weight excluding hydrogens is 276 g/mol. The lowest BCUT2D eigenvalue weighted by Gasteiger charge is -2.31. The van der Waals surface area contributed by atoms with Crippen molar-refractivity contribution in [1.82, 2.24) is 5.32 Å². The maximum atomic E-state index is 12.4. The van der Waals surface area contributed by atoms with E-state index in [9.17, 15) is 9.90 Å². The zero-order valence-electron chi connectivity index (χ0n) is 13.7. The number of carbonyl (C=O) groups is 1. The van der Waals surface area contributed by atoms with Gasteiger partial charge < -0.3 is 15.7 Å². The second kappa shape index (κ2) is 8.18. The zero-order chi connectivity index (χ0) is 15.9. The molecule has 4 heteroatoms. The van der Waals surface area contributed by atoms with Crippen LogP contribution in [0, 0.1) is 5.92 Å². The maximum absolute atomic E-state index is 12.4. The Balaban J connectivity index is 2.05. The monoisotopic (exact) mass is 304 g/mol. The third-order valence-electron chi connectivity index (χ3n) is 4.70. The molecule has 0 aromatic heterocycles. The van der Waals surface area contributed by atoms with Crippen molar-refractivity contribution in [3.8, 4) is 0 Å². The molecule has 0 saturated heterocycles. The Bertz CT molecular complexity index is 480. The number of hydrogen-bond donors (Lipinski definition) is 3. The summed E-state index contributed by atoms with van der Waals surface area (Å²) in [4.78, 5) is 12.4. The van der Waals surface area contributed by atoms with Crippen molar-refractivity contribution in [1.29, 1.82) is 0 Å². The summed E-state index contributed by atoms with van der Waals surface area (Å²) in [5.41, 5.74) is 3.27. The van der Waals surface area contributed by atoms with Gasteiger partial charge in [-0.3, -0.25) is 0 Å². The number of aliphatic hydroxyl groups excluding tert-OH is 1. The SMILES string of the molecule is CCc1cccc(CC)c1NC(=O)NC1CCCCC1CO. The fourth-order valence-electron chi connectivity index (χ4n) is 3.34. The van der Waals surface area contributed by atoms with Crippen LogP contribution in [0.2, 0.25) is 0 Å². The van der Waals surface area contributed by atoms with E-state index in [0.717, 1.165) is 55.3 Å². The normalized spacial score (nSPS) is 21.4. The van der Waals surface area contributed by atoms with Crippen molar-refractivity contribution in [2.75, 3.05) is 11.9 Å². The Morgan fingerprint density at radius 2 is 1.82 bits per heavy atom. The van der Waals surface area contributed by atoms with Gasteiger partial charge in [0.15, 0.2) is 0 Å². The summed E-state index contributed by atoms with van der Waals surface area (Å²) in [6.45, 7) is 4.35. The predicted octanol–water partition coefficient (Wildman–Crippen LogP) is 3.48. The highest BCUT2D eigenvalue weighted by molar-refractivity contribution is 5.91. The molecule has 2 atom stereocenters. The minimum atomic E-state index is -0.152. The van der Waals surface area contributed by atoms with Gasteiger partial charge in [-0.15, -0.1) is 0 Å². The molecule has 0 aliphatic heterocycles. The highest BCUT2D eigenvalue weighted by Gasteiger charge is 2.26. The lowest BCUT2D eigenvalue weighted by Crippen LogP contribution is -2.45. The van der Waals surface area contributed by atoms with Crippen LogP contribution >= 0.6 is 0 Å². The fraction of sp³-hybridized carbons (Fsp3) is 0.611. The second-order valence-corrected chi connectivity index (χ2v) is 6.09. The van der Waals surface area contributed by atoms with E-state index >= 15 is 0 Å². The molecule has 122 valence electrons. The number of carbonyl (C=O) groups excluding carboxylic acids is 1. The van der Waals surface area contributed by atoms with Gasteiger partial charge >= 0.3 is 6.03 Å². The number of rotatable bonds is 5.